The molecule has 0 aliphatic rings. The highest BCUT2D eigenvalue weighted by molar-refractivity contribution is 5.76. The number of hydrogen-bond acceptors (Lipinski definition) is 5. The predicted octanol–water partition coefficient (Wildman–Crippen LogP) is 2.81. The third-order valence-corrected chi connectivity index (χ3v) is 4.69. The summed E-state index contributed by atoms with van der Waals surface area (Å²) >= 11 is 0. The van der Waals surface area contributed by atoms with E-state index in [4.69, 9.17) is 9.47 Å². The first kappa shape index (κ1) is 21.1. The van der Waals surface area contributed by atoms with E-state index >= 15 is 0 Å². The molecule has 0 saturated heterocycles. The number of nitrogens with one attached hydrogen (secondary N) is 1. The minimum absolute atomic E-state index is 0.118. The number of rotatable bonds is 8. The van der Waals surface area contributed by atoms with Crippen molar-refractivity contribution in [2.45, 2.75) is 26.4 Å². The van der Waals surface area contributed by atoms with Gasteiger partial charge in [0.2, 0.25) is 5.91 Å². The molecule has 0 spiro atoms. The van der Waals surface area contributed by atoms with Crippen molar-refractivity contribution in [2.75, 3.05) is 14.2 Å². The Morgan fingerprint density at radius 3 is 2.43 bits per heavy atom. The molecule has 1 amide bonds. The Bertz CT molecular complexity index is 1080. The Kier molecular flexibility index (Phi) is 6.85. The molecule has 0 radical (unpaired) electrons. The van der Waals surface area contributed by atoms with Crippen molar-refractivity contribution in [1.82, 2.24) is 14.9 Å². The molecule has 1 N–H and O–H groups in total. The molecular weight excluding hydrogens is 382 g/mol. The van der Waals surface area contributed by atoms with Gasteiger partial charge in [0.25, 0.3) is 5.56 Å². The molecular formula is C23H25N3O4. The van der Waals surface area contributed by atoms with Gasteiger partial charge < -0.3 is 14.8 Å². The van der Waals surface area contributed by atoms with Crippen LogP contribution in [-0.4, -0.2) is 29.7 Å². The summed E-state index contributed by atoms with van der Waals surface area (Å²) < 4.78 is 11.9. The lowest BCUT2D eigenvalue weighted by Gasteiger charge is -2.14. The lowest BCUT2D eigenvalue weighted by molar-refractivity contribution is -0.121. The van der Waals surface area contributed by atoms with Gasteiger partial charge in [0.1, 0.15) is 12.4 Å². The van der Waals surface area contributed by atoms with Crippen LogP contribution in [0.5, 0.6) is 11.5 Å². The first-order chi connectivity index (χ1) is 14.5. The number of aryl methyl sites for hydroxylation is 1. The first-order valence-corrected chi connectivity index (χ1v) is 9.69. The Morgan fingerprint density at radius 2 is 1.77 bits per heavy atom. The monoisotopic (exact) mass is 407 g/mol. The van der Waals surface area contributed by atoms with Gasteiger partial charge in [0, 0.05) is 23.9 Å². The number of hydrogen-bond donors (Lipinski definition) is 1. The van der Waals surface area contributed by atoms with Crippen LogP contribution in [-0.2, 0) is 24.3 Å². The Balaban J connectivity index is 1.79. The molecule has 0 aliphatic carbocycles. The van der Waals surface area contributed by atoms with Crippen molar-refractivity contribution >= 4 is 5.91 Å². The SMILES string of the molecule is CCc1cc(=O)n(CC(=O)NCc2ccc(OC)c(OC)c2)c(-c2ccccc2)n1. The van der Waals surface area contributed by atoms with E-state index < -0.39 is 0 Å². The van der Waals surface area contributed by atoms with E-state index in [1.165, 1.54) is 10.6 Å². The van der Waals surface area contributed by atoms with Gasteiger partial charge in [0.05, 0.1) is 14.2 Å². The molecule has 1 heterocycles. The largest absolute Gasteiger partial charge is 0.493 e. The summed E-state index contributed by atoms with van der Waals surface area (Å²) in [7, 11) is 3.13. The van der Waals surface area contributed by atoms with E-state index in [1.807, 2.05) is 43.3 Å². The number of ether oxygens (including phenoxy) is 2. The zero-order chi connectivity index (χ0) is 21.5. The molecule has 7 heteroatoms. The molecule has 30 heavy (non-hydrogen) atoms. The van der Waals surface area contributed by atoms with Crippen LogP contribution in [0.25, 0.3) is 11.4 Å². The lowest BCUT2D eigenvalue weighted by Crippen LogP contribution is -2.33. The average Bonchev–Trinajstić information content (AvgIpc) is 2.79. The van der Waals surface area contributed by atoms with Gasteiger partial charge >= 0.3 is 0 Å². The molecule has 0 unspecified atom stereocenters. The van der Waals surface area contributed by atoms with Gasteiger partial charge in [0.15, 0.2) is 11.5 Å². The summed E-state index contributed by atoms with van der Waals surface area (Å²) in [5.74, 6) is 1.41. The van der Waals surface area contributed by atoms with Gasteiger partial charge in [-0.3, -0.25) is 14.2 Å². The molecule has 0 saturated carbocycles. The molecule has 0 aliphatic heterocycles. The van der Waals surface area contributed by atoms with Crippen molar-refractivity contribution in [3.05, 3.63) is 76.2 Å². The number of carbonyl (C=O) groups excluding carboxylic acids is 1. The second-order valence-corrected chi connectivity index (χ2v) is 6.68. The Hall–Kier alpha value is -3.61. The normalized spacial score (nSPS) is 10.5. The number of aromatic nitrogens is 2. The van der Waals surface area contributed by atoms with Crippen molar-refractivity contribution in [1.29, 1.82) is 0 Å². The molecule has 0 fully saturated rings. The summed E-state index contributed by atoms with van der Waals surface area (Å²) in [6.07, 6.45) is 0.640. The van der Waals surface area contributed by atoms with Crippen LogP contribution in [0.2, 0.25) is 0 Å². The number of methoxy groups -OCH3 is 2. The van der Waals surface area contributed by atoms with Crippen LogP contribution >= 0.6 is 0 Å². The Labute approximate surface area is 175 Å². The molecule has 1 aromatic heterocycles. The number of nitrogens with zero attached hydrogens (tertiary/aromatic N) is 2. The van der Waals surface area contributed by atoms with E-state index in [9.17, 15) is 9.59 Å². The maximum absolute atomic E-state index is 12.7. The second-order valence-electron chi connectivity index (χ2n) is 6.68. The fourth-order valence-corrected chi connectivity index (χ4v) is 3.09. The van der Waals surface area contributed by atoms with Gasteiger partial charge in [-0.15, -0.1) is 0 Å². The van der Waals surface area contributed by atoms with Crippen LogP contribution in [0.4, 0.5) is 0 Å². The second kappa shape index (κ2) is 9.73. The number of carbonyl (C=O) groups is 1. The Morgan fingerprint density at radius 1 is 1.03 bits per heavy atom. The summed E-state index contributed by atoms with van der Waals surface area (Å²) in [4.78, 5) is 29.9. The maximum atomic E-state index is 12.7. The van der Waals surface area contributed by atoms with Crippen LogP contribution < -0.4 is 20.3 Å². The first-order valence-electron chi connectivity index (χ1n) is 9.69. The minimum Gasteiger partial charge on any atom is -0.493 e. The van der Waals surface area contributed by atoms with Crippen molar-refractivity contribution in [3.8, 4) is 22.9 Å². The number of benzene rings is 2. The maximum Gasteiger partial charge on any atom is 0.254 e. The zero-order valence-corrected chi connectivity index (χ0v) is 17.3. The molecule has 3 aromatic rings. The average molecular weight is 407 g/mol. The number of amides is 1. The third-order valence-electron chi connectivity index (χ3n) is 4.69. The third kappa shape index (κ3) is 4.86. The van der Waals surface area contributed by atoms with E-state index in [-0.39, 0.29) is 18.0 Å². The fourth-order valence-electron chi connectivity index (χ4n) is 3.09. The minimum atomic E-state index is -0.282. The predicted molar refractivity (Wildman–Crippen MR) is 115 cm³/mol. The molecule has 0 atom stereocenters. The summed E-state index contributed by atoms with van der Waals surface area (Å²) in [5.41, 5.74) is 2.09. The highest BCUT2D eigenvalue weighted by atomic mass is 16.5. The van der Waals surface area contributed by atoms with Gasteiger partial charge in [-0.25, -0.2) is 4.98 Å². The summed E-state index contributed by atoms with van der Waals surface area (Å²) in [6, 6.07) is 16.3. The van der Waals surface area contributed by atoms with Gasteiger partial charge in [-0.2, -0.15) is 0 Å². The molecule has 2 aromatic carbocycles. The van der Waals surface area contributed by atoms with Crippen LogP contribution in [0.3, 0.4) is 0 Å². The van der Waals surface area contributed by atoms with Crippen LogP contribution in [0.1, 0.15) is 18.2 Å². The van der Waals surface area contributed by atoms with Crippen LogP contribution in [0, 0.1) is 0 Å². The lowest BCUT2D eigenvalue weighted by atomic mass is 10.2. The standard InChI is InChI=1S/C23H25N3O4/c1-4-18-13-22(28)26(23(25-18)17-8-6-5-7-9-17)15-21(27)24-14-16-10-11-19(29-2)20(12-16)30-3/h5-13H,4,14-15H2,1-3H3,(H,24,27). The topological polar surface area (TPSA) is 82.5 Å². The van der Waals surface area contributed by atoms with Crippen molar-refractivity contribution in [2.24, 2.45) is 0 Å². The molecule has 3 rings (SSSR count). The van der Waals surface area contributed by atoms with E-state index in [0.29, 0.717) is 36.0 Å². The van der Waals surface area contributed by atoms with E-state index in [0.717, 1.165) is 11.1 Å². The molecule has 156 valence electrons. The highest BCUT2D eigenvalue weighted by Crippen LogP contribution is 2.27. The quantitative estimate of drug-likeness (QED) is 0.621. The summed E-state index contributed by atoms with van der Waals surface area (Å²) in [6.45, 7) is 2.12. The van der Waals surface area contributed by atoms with E-state index in [2.05, 4.69) is 10.3 Å². The fraction of sp³-hybridized carbons (Fsp3) is 0.261. The van der Waals surface area contributed by atoms with E-state index in [1.54, 1.807) is 26.4 Å². The van der Waals surface area contributed by atoms with Gasteiger partial charge in [-0.1, -0.05) is 43.3 Å². The zero-order valence-electron chi connectivity index (χ0n) is 17.3. The summed E-state index contributed by atoms with van der Waals surface area (Å²) in [5, 5.41) is 2.85. The van der Waals surface area contributed by atoms with Crippen LogP contribution in [0.15, 0.2) is 59.4 Å². The molecule has 7 nitrogen and oxygen atoms in total. The van der Waals surface area contributed by atoms with Crippen molar-refractivity contribution in [3.63, 3.8) is 0 Å². The smallest absolute Gasteiger partial charge is 0.254 e. The highest BCUT2D eigenvalue weighted by Gasteiger charge is 2.14. The molecule has 0 bridgehead atoms. The van der Waals surface area contributed by atoms with Crippen molar-refractivity contribution < 1.29 is 14.3 Å². The van der Waals surface area contributed by atoms with Gasteiger partial charge in [-0.05, 0) is 24.1 Å².